The Bertz CT molecular complexity index is 220. The van der Waals surface area contributed by atoms with Gasteiger partial charge in [-0.25, -0.2) is 4.79 Å². The minimum Gasteiger partial charge on any atom is -0.459 e. The molecule has 1 heterocycles. The van der Waals surface area contributed by atoms with Crippen molar-refractivity contribution in [3.05, 3.63) is 12.2 Å². The molecular formula is C11H18O2. The maximum absolute atomic E-state index is 11.3. The van der Waals surface area contributed by atoms with E-state index in [-0.39, 0.29) is 18.0 Å². The molecule has 2 heteroatoms. The third-order valence-electron chi connectivity index (χ3n) is 2.98. The van der Waals surface area contributed by atoms with E-state index in [1.54, 1.807) is 0 Å². The van der Waals surface area contributed by atoms with E-state index < -0.39 is 0 Å². The fourth-order valence-electron chi connectivity index (χ4n) is 1.56. The average Bonchev–Trinajstić information content (AvgIpc) is 2.12. The van der Waals surface area contributed by atoms with Gasteiger partial charge in [-0.3, -0.25) is 0 Å². The van der Waals surface area contributed by atoms with E-state index in [9.17, 15) is 4.79 Å². The highest BCUT2D eigenvalue weighted by atomic mass is 16.5. The van der Waals surface area contributed by atoms with Gasteiger partial charge in [0.05, 0.1) is 0 Å². The highest BCUT2D eigenvalue weighted by Crippen LogP contribution is 2.29. The van der Waals surface area contributed by atoms with Gasteiger partial charge in [0.2, 0.25) is 0 Å². The number of cyclic esters (lactones) is 1. The predicted molar refractivity (Wildman–Crippen MR) is 52.3 cm³/mol. The number of esters is 1. The first-order valence-electron chi connectivity index (χ1n) is 4.96. The molecule has 1 fully saturated rings. The second-order valence-electron chi connectivity index (χ2n) is 3.99. The van der Waals surface area contributed by atoms with Crippen molar-refractivity contribution >= 4 is 5.97 Å². The number of hydrogen-bond acceptors (Lipinski definition) is 2. The lowest BCUT2D eigenvalue weighted by atomic mass is 9.87. The molecule has 74 valence electrons. The SMILES string of the molecule is C=C1C(=O)OC(C(C)CC)CC1C. The highest BCUT2D eigenvalue weighted by Gasteiger charge is 2.31. The van der Waals surface area contributed by atoms with Crippen LogP contribution in [0, 0.1) is 11.8 Å². The third kappa shape index (κ3) is 2.11. The lowest BCUT2D eigenvalue weighted by Crippen LogP contribution is -2.34. The zero-order valence-electron chi connectivity index (χ0n) is 8.67. The van der Waals surface area contributed by atoms with E-state index in [0.29, 0.717) is 11.5 Å². The molecule has 2 nitrogen and oxygen atoms in total. The van der Waals surface area contributed by atoms with Crippen molar-refractivity contribution in [3.63, 3.8) is 0 Å². The van der Waals surface area contributed by atoms with E-state index in [2.05, 4.69) is 20.4 Å². The second kappa shape index (κ2) is 3.95. The van der Waals surface area contributed by atoms with Crippen LogP contribution >= 0.6 is 0 Å². The normalized spacial score (nSPS) is 31.3. The molecule has 0 aromatic carbocycles. The van der Waals surface area contributed by atoms with Gasteiger partial charge in [0.25, 0.3) is 0 Å². The fraction of sp³-hybridized carbons (Fsp3) is 0.727. The van der Waals surface area contributed by atoms with Crippen LogP contribution in [-0.4, -0.2) is 12.1 Å². The molecule has 0 aromatic rings. The molecule has 0 aliphatic carbocycles. The predicted octanol–water partition coefficient (Wildman–Crippen LogP) is 2.54. The molecule has 1 saturated heterocycles. The second-order valence-corrected chi connectivity index (χ2v) is 3.99. The number of carbonyl (C=O) groups excluding carboxylic acids is 1. The molecule has 0 aromatic heterocycles. The molecule has 0 bridgehead atoms. The van der Waals surface area contributed by atoms with Crippen molar-refractivity contribution in [2.75, 3.05) is 0 Å². The van der Waals surface area contributed by atoms with E-state index >= 15 is 0 Å². The molecule has 0 saturated carbocycles. The Balaban J connectivity index is 2.63. The van der Waals surface area contributed by atoms with E-state index in [1.807, 2.05) is 6.92 Å². The summed E-state index contributed by atoms with van der Waals surface area (Å²) in [7, 11) is 0. The first-order valence-corrected chi connectivity index (χ1v) is 4.96. The zero-order chi connectivity index (χ0) is 10.0. The van der Waals surface area contributed by atoms with Gasteiger partial charge in [-0.15, -0.1) is 0 Å². The number of ether oxygens (including phenoxy) is 1. The molecule has 1 aliphatic heterocycles. The Kier molecular flexibility index (Phi) is 3.12. The smallest absolute Gasteiger partial charge is 0.333 e. The van der Waals surface area contributed by atoms with Crippen LogP contribution in [0.2, 0.25) is 0 Å². The van der Waals surface area contributed by atoms with Gasteiger partial charge >= 0.3 is 5.97 Å². The van der Waals surface area contributed by atoms with Gasteiger partial charge in [-0.1, -0.05) is 33.8 Å². The zero-order valence-corrected chi connectivity index (χ0v) is 8.67. The molecule has 1 aliphatic rings. The van der Waals surface area contributed by atoms with Gasteiger partial charge in [0, 0.05) is 5.57 Å². The number of rotatable bonds is 2. The summed E-state index contributed by atoms with van der Waals surface area (Å²) in [5.74, 6) is 0.531. The summed E-state index contributed by atoms with van der Waals surface area (Å²) in [6.07, 6.45) is 2.08. The van der Waals surface area contributed by atoms with Crippen LogP contribution in [0.1, 0.15) is 33.6 Å². The van der Waals surface area contributed by atoms with Crippen LogP contribution in [0.4, 0.5) is 0 Å². The van der Waals surface area contributed by atoms with Gasteiger partial charge in [0.1, 0.15) is 6.10 Å². The quantitative estimate of drug-likeness (QED) is 0.484. The largest absolute Gasteiger partial charge is 0.459 e. The minimum atomic E-state index is -0.205. The monoisotopic (exact) mass is 182 g/mol. The highest BCUT2D eigenvalue weighted by molar-refractivity contribution is 5.89. The number of carbonyl (C=O) groups is 1. The molecule has 13 heavy (non-hydrogen) atoms. The van der Waals surface area contributed by atoms with Crippen LogP contribution in [-0.2, 0) is 9.53 Å². The molecule has 0 radical (unpaired) electrons. The summed E-state index contributed by atoms with van der Waals surface area (Å²) in [4.78, 5) is 11.3. The summed E-state index contributed by atoms with van der Waals surface area (Å²) in [6.45, 7) is 10.0. The summed E-state index contributed by atoms with van der Waals surface area (Å²) >= 11 is 0. The molecule has 3 unspecified atom stereocenters. The molecule has 3 atom stereocenters. The van der Waals surface area contributed by atoms with Gasteiger partial charge in [0.15, 0.2) is 0 Å². The molecule has 0 N–H and O–H groups in total. The molecule has 0 amide bonds. The summed E-state index contributed by atoms with van der Waals surface area (Å²) in [5, 5.41) is 0. The van der Waals surface area contributed by atoms with Crippen LogP contribution in [0.3, 0.4) is 0 Å². The Morgan fingerprint density at radius 1 is 1.69 bits per heavy atom. The van der Waals surface area contributed by atoms with Crippen LogP contribution in [0.25, 0.3) is 0 Å². The number of hydrogen-bond donors (Lipinski definition) is 0. The summed E-state index contributed by atoms with van der Waals surface area (Å²) in [6, 6.07) is 0. The summed E-state index contributed by atoms with van der Waals surface area (Å²) < 4.78 is 5.28. The lowest BCUT2D eigenvalue weighted by Gasteiger charge is -2.31. The Morgan fingerprint density at radius 2 is 2.31 bits per heavy atom. The lowest BCUT2D eigenvalue weighted by molar-refractivity contribution is -0.152. The Morgan fingerprint density at radius 3 is 2.77 bits per heavy atom. The first-order chi connectivity index (χ1) is 6.06. The first kappa shape index (κ1) is 10.3. The van der Waals surface area contributed by atoms with Crippen molar-refractivity contribution in [2.24, 2.45) is 11.8 Å². The molecule has 1 rings (SSSR count). The van der Waals surface area contributed by atoms with Crippen molar-refractivity contribution in [1.82, 2.24) is 0 Å². The van der Waals surface area contributed by atoms with E-state index in [1.165, 1.54) is 0 Å². The maximum Gasteiger partial charge on any atom is 0.333 e. The Labute approximate surface area is 80.0 Å². The molecular weight excluding hydrogens is 164 g/mol. The molecule has 0 spiro atoms. The standard InChI is InChI=1S/C11H18O2/c1-5-7(2)10-6-8(3)9(4)11(12)13-10/h7-8,10H,4-6H2,1-3H3. The van der Waals surface area contributed by atoms with Gasteiger partial charge in [-0.05, 0) is 18.3 Å². The summed E-state index contributed by atoms with van der Waals surface area (Å²) in [5.41, 5.74) is 0.625. The van der Waals surface area contributed by atoms with Gasteiger partial charge in [-0.2, -0.15) is 0 Å². The Hall–Kier alpha value is -0.790. The minimum absolute atomic E-state index is 0.0954. The van der Waals surface area contributed by atoms with Crippen LogP contribution < -0.4 is 0 Å². The van der Waals surface area contributed by atoms with Crippen molar-refractivity contribution in [3.8, 4) is 0 Å². The average molecular weight is 182 g/mol. The maximum atomic E-state index is 11.3. The van der Waals surface area contributed by atoms with Gasteiger partial charge < -0.3 is 4.74 Å². The third-order valence-corrected chi connectivity index (χ3v) is 2.98. The van der Waals surface area contributed by atoms with Crippen molar-refractivity contribution < 1.29 is 9.53 Å². The van der Waals surface area contributed by atoms with E-state index in [4.69, 9.17) is 4.74 Å². The fourth-order valence-corrected chi connectivity index (χ4v) is 1.56. The topological polar surface area (TPSA) is 26.3 Å². The van der Waals surface area contributed by atoms with Crippen molar-refractivity contribution in [2.45, 2.75) is 39.7 Å². The van der Waals surface area contributed by atoms with Crippen molar-refractivity contribution in [1.29, 1.82) is 0 Å². The van der Waals surface area contributed by atoms with E-state index in [0.717, 1.165) is 12.8 Å². The van der Waals surface area contributed by atoms with Crippen LogP contribution in [0.5, 0.6) is 0 Å². The van der Waals surface area contributed by atoms with Crippen LogP contribution in [0.15, 0.2) is 12.2 Å².